The average molecular weight is 358 g/mol. The number of rotatable bonds is 2. The Kier molecular flexibility index (Phi) is 4.46. The number of piperazine rings is 1. The number of carbonyl (C=O) groups is 2. The molecule has 2 fully saturated rings. The summed E-state index contributed by atoms with van der Waals surface area (Å²) in [6.07, 6.45) is 7.95. The predicted molar refractivity (Wildman–Crippen MR) is 99.4 cm³/mol. The lowest BCUT2D eigenvalue weighted by molar-refractivity contribution is -0.146. The van der Waals surface area contributed by atoms with Crippen LogP contribution in [0, 0.1) is 17.3 Å². The molecule has 1 amide bonds. The van der Waals surface area contributed by atoms with Crippen LogP contribution < -0.4 is 0 Å². The number of ether oxygens (including phenoxy) is 1. The Balaban J connectivity index is 1.50. The molecule has 2 aliphatic heterocycles. The van der Waals surface area contributed by atoms with E-state index in [0.717, 1.165) is 52.0 Å². The van der Waals surface area contributed by atoms with Crippen LogP contribution in [0.25, 0.3) is 0 Å². The number of hydrogen-bond donors (Lipinski definition) is 0. The van der Waals surface area contributed by atoms with E-state index in [0.29, 0.717) is 0 Å². The highest BCUT2D eigenvalue weighted by Gasteiger charge is 2.51. The van der Waals surface area contributed by atoms with Crippen LogP contribution in [0.4, 0.5) is 0 Å². The summed E-state index contributed by atoms with van der Waals surface area (Å²) in [6, 6.07) is 0. The van der Waals surface area contributed by atoms with Crippen molar-refractivity contribution in [3.8, 4) is 0 Å². The minimum Gasteiger partial charge on any atom is -0.461 e. The molecule has 26 heavy (non-hydrogen) atoms. The van der Waals surface area contributed by atoms with E-state index in [1.54, 1.807) is 6.92 Å². The minimum absolute atomic E-state index is 0.0327. The molecule has 4 aliphatic rings. The first kappa shape index (κ1) is 17.8. The summed E-state index contributed by atoms with van der Waals surface area (Å²) in [5.74, 6) is 0.226. The van der Waals surface area contributed by atoms with Gasteiger partial charge < -0.3 is 9.64 Å². The molecule has 0 spiro atoms. The van der Waals surface area contributed by atoms with Gasteiger partial charge in [0.1, 0.15) is 6.10 Å². The Hall–Kier alpha value is -1.62. The summed E-state index contributed by atoms with van der Waals surface area (Å²) < 4.78 is 5.83. The van der Waals surface area contributed by atoms with Crippen LogP contribution in [0.15, 0.2) is 23.3 Å². The van der Waals surface area contributed by atoms with E-state index in [-0.39, 0.29) is 35.2 Å². The highest BCUT2D eigenvalue weighted by molar-refractivity contribution is 5.76. The van der Waals surface area contributed by atoms with Crippen molar-refractivity contribution in [1.29, 1.82) is 0 Å². The van der Waals surface area contributed by atoms with Gasteiger partial charge in [0.15, 0.2) is 0 Å². The van der Waals surface area contributed by atoms with E-state index in [1.807, 2.05) is 4.90 Å². The summed E-state index contributed by atoms with van der Waals surface area (Å²) in [6.45, 7) is 10.1. The lowest BCUT2D eigenvalue weighted by atomic mass is 9.62. The van der Waals surface area contributed by atoms with Crippen molar-refractivity contribution < 1.29 is 14.3 Å². The third-order valence-corrected chi connectivity index (χ3v) is 6.97. The largest absolute Gasteiger partial charge is 0.461 e. The molecule has 0 N–H and O–H groups in total. The summed E-state index contributed by atoms with van der Waals surface area (Å²) in [7, 11) is 0. The molecule has 0 aromatic heterocycles. The Morgan fingerprint density at radius 2 is 2.04 bits per heavy atom. The summed E-state index contributed by atoms with van der Waals surface area (Å²) >= 11 is 0. The van der Waals surface area contributed by atoms with Gasteiger partial charge in [-0.3, -0.25) is 14.5 Å². The molecule has 0 aromatic carbocycles. The number of esters is 1. The Bertz CT molecular complexity index is 675. The van der Waals surface area contributed by atoms with Crippen molar-refractivity contribution in [1.82, 2.24) is 9.80 Å². The number of allylic oxidation sites excluding steroid dienone is 3. The lowest BCUT2D eigenvalue weighted by Crippen LogP contribution is -2.50. The quantitative estimate of drug-likeness (QED) is 0.711. The van der Waals surface area contributed by atoms with Crippen molar-refractivity contribution in [3.63, 3.8) is 0 Å². The molecule has 0 radical (unpaired) electrons. The molecule has 0 bridgehead atoms. The molecule has 142 valence electrons. The van der Waals surface area contributed by atoms with Crippen molar-refractivity contribution in [3.05, 3.63) is 23.3 Å². The maximum atomic E-state index is 12.6. The van der Waals surface area contributed by atoms with Gasteiger partial charge in [-0.25, -0.2) is 0 Å². The minimum atomic E-state index is -0.0735. The molecule has 4 atom stereocenters. The molecule has 5 heteroatoms. The van der Waals surface area contributed by atoms with Gasteiger partial charge in [0.05, 0.1) is 5.92 Å². The predicted octanol–water partition coefficient (Wildman–Crippen LogP) is 2.38. The van der Waals surface area contributed by atoms with Gasteiger partial charge in [0.25, 0.3) is 0 Å². The van der Waals surface area contributed by atoms with Crippen LogP contribution in [0.2, 0.25) is 0 Å². The first-order valence-corrected chi connectivity index (χ1v) is 9.95. The number of amides is 1. The van der Waals surface area contributed by atoms with Crippen molar-refractivity contribution in [2.24, 2.45) is 17.3 Å². The molecule has 5 nitrogen and oxygen atoms in total. The Labute approximate surface area is 156 Å². The molecule has 4 rings (SSSR count). The molecule has 0 saturated carbocycles. The molecule has 1 unspecified atom stereocenters. The van der Waals surface area contributed by atoms with E-state index in [4.69, 9.17) is 4.74 Å². The Morgan fingerprint density at radius 3 is 2.73 bits per heavy atom. The maximum Gasteiger partial charge on any atom is 0.311 e. The van der Waals surface area contributed by atoms with Crippen molar-refractivity contribution >= 4 is 11.9 Å². The third kappa shape index (κ3) is 3.00. The summed E-state index contributed by atoms with van der Waals surface area (Å²) in [4.78, 5) is 28.3. The van der Waals surface area contributed by atoms with Crippen LogP contribution in [0.3, 0.4) is 0 Å². The molecular formula is C21H30N2O3. The second-order valence-electron chi connectivity index (χ2n) is 8.74. The topological polar surface area (TPSA) is 49.9 Å². The van der Waals surface area contributed by atoms with Gasteiger partial charge in [0.2, 0.25) is 5.91 Å². The highest BCUT2D eigenvalue weighted by atomic mass is 16.6. The third-order valence-electron chi connectivity index (χ3n) is 6.97. The van der Waals surface area contributed by atoms with E-state index in [2.05, 4.69) is 30.9 Å². The summed E-state index contributed by atoms with van der Waals surface area (Å²) in [5, 5.41) is 0. The fourth-order valence-corrected chi connectivity index (χ4v) is 5.36. The van der Waals surface area contributed by atoms with Gasteiger partial charge in [-0.15, -0.1) is 0 Å². The van der Waals surface area contributed by atoms with E-state index in [1.165, 1.54) is 11.1 Å². The van der Waals surface area contributed by atoms with Crippen molar-refractivity contribution in [2.45, 2.75) is 46.1 Å². The maximum absolute atomic E-state index is 12.6. The van der Waals surface area contributed by atoms with Crippen molar-refractivity contribution in [2.75, 3.05) is 32.7 Å². The van der Waals surface area contributed by atoms with E-state index < -0.39 is 0 Å². The first-order chi connectivity index (χ1) is 12.4. The van der Waals surface area contributed by atoms with Gasteiger partial charge in [-0.1, -0.05) is 24.6 Å². The van der Waals surface area contributed by atoms with Gasteiger partial charge in [0, 0.05) is 45.6 Å². The highest BCUT2D eigenvalue weighted by Crippen LogP contribution is 2.52. The normalized spacial score (nSPS) is 37.4. The number of fused-ring (bicyclic) bond motifs is 2. The zero-order valence-corrected chi connectivity index (χ0v) is 16.2. The smallest absolute Gasteiger partial charge is 0.311 e. The SMILES string of the molecule is CC(=O)N1CCN(CC2C(=O)O[C@@H]3C[C@@]4(C)CCC=C(C)C4=C[C@H]23)CC1. The van der Waals surface area contributed by atoms with Crippen LogP contribution in [-0.2, 0) is 14.3 Å². The van der Waals surface area contributed by atoms with E-state index in [9.17, 15) is 9.59 Å². The molecule has 2 heterocycles. The van der Waals surface area contributed by atoms with Gasteiger partial charge >= 0.3 is 5.97 Å². The second-order valence-corrected chi connectivity index (χ2v) is 8.74. The van der Waals surface area contributed by atoms with Gasteiger partial charge in [-0.05, 0) is 37.2 Å². The molecule has 2 saturated heterocycles. The average Bonchev–Trinajstić information content (AvgIpc) is 2.88. The van der Waals surface area contributed by atoms with Gasteiger partial charge in [-0.2, -0.15) is 0 Å². The van der Waals surface area contributed by atoms with Crippen LogP contribution in [0.5, 0.6) is 0 Å². The molecule has 0 aromatic rings. The van der Waals surface area contributed by atoms with Crippen LogP contribution >= 0.6 is 0 Å². The molecule has 2 aliphatic carbocycles. The number of nitrogens with zero attached hydrogens (tertiary/aromatic N) is 2. The Morgan fingerprint density at radius 1 is 1.31 bits per heavy atom. The zero-order chi connectivity index (χ0) is 18.5. The zero-order valence-electron chi connectivity index (χ0n) is 16.2. The molecular weight excluding hydrogens is 328 g/mol. The number of hydrogen-bond acceptors (Lipinski definition) is 4. The standard InChI is InChI=1S/C21H30N2O3/c1-14-5-4-6-21(3)12-19-16(11-18(14)21)17(20(25)26-19)13-22-7-9-23(10-8-22)15(2)24/h5,11,16-17,19H,4,6-10,12-13H2,1-3H3/t16-,17?,19-,21-/m1/s1. The van der Waals surface area contributed by atoms with E-state index >= 15 is 0 Å². The monoisotopic (exact) mass is 358 g/mol. The van der Waals surface area contributed by atoms with Crippen LogP contribution in [-0.4, -0.2) is 60.5 Å². The number of carbonyl (C=O) groups excluding carboxylic acids is 2. The van der Waals surface area contributed by atoms with Crippen LogP contribution in [0.1, 0.15) is 40.0 Å². The lowest BCUT2D eigenvalue weighted by Gasteiger charge is -2.43. The second kappa shape index (κ2) is 6.52. The summed E-state index contributed by atoms with van der Waals surface area (Å²) in [5.41, 5.74) is 2.97. The fourth-order valence-electron chi connectivity index (χ4n) is 5.36. The fraction of sp³-hybridized carbons (Fsp3) is 0.714. The first-order valence-electron chi connectivity index (χ1n) is 9.95.